The van der Waals surface area contributed by atoms with E-state index in [0.717, 1.165) is 5.56 Å². The van der Waals surface area contributed by atoms with E-state index in [1.807, 2.05) is 13.0 Å². The fourth-order valence-electron chi connectivity index (χ4n) is 1.71. The molecule has 0 bridgehead atoms. The van der Waals surface area contributed by atoms with Gasteiger partial charge in [0.05, 0.1) is 12.5 Å². The second-order valence-electron chi connectivity index (χ2n) is 4.56. The lowest BCUT2D eigenvalue weighted by Crippen LogP contribution is -2.28. The van der Waals surface area contributed by atoms with Crippen LogP contribution >= 0.6 is 0 Å². The molecule has 6 nitrogen and oxygen atoms in total. The Morgan fingerprint density at radius 1 is 1.35 bits per heavy atom. The van der Waals surface area contributed by atoms with E-state index in [2.05, 4.69) is 10.6 Å². The van der Waals surface area contributed by atoms with Crippen LogP contribution in [0.4, 0.5) is 11.4 Å². The van der Waals surface area contributed by atoms with Crippen molar-refractivity contribution in [2.75, 3.05) is 24.3 Å². The Bertz CT molecular complexity index is 485. The number of anilines is 2. The van der Waals surface area contributed by atoms with E-state index in [9.17, 15) is 9.59 Å². The van der Waals surface area contributed by atoms with Crippen molar-refractivity contribution in [1.29, 1.82) is 0 Å². The number of rotatable bonds is 6. The molecule has 0 aliphatic carbocycles. The van der Waals surface area contributed by atoms with Gasteiger partial charge >= 0.3 is 0 Å². The lowest BCUT2D eigenvalue weighted by molar-refractivity contribution is -0.118. The SMILES string of the molecule is COC(CN)CC(=O)Nc1cc(NC(C)=O)ccc1C. The second kappa shape index (κ2) is 7.62. The van der Waals surface area contributed by atoms with E-state index < -0.39 is 0 Å². The van der Waals surface area contributed by atoms with Crippen molar-refractivity contribution in [2.45, 2.75) is 26.4 Å². The lowest BCUT2D eigenvalue weighted by Gasteiger charge is -2.14. The van der Waals surface area contributed by atoms with Crippen LogP contribution in [0.5, 0.6) is 0 Å². The summed E-state index contributed by atoms with van der Waals surface area (Å²) in [6.07, 6.45) is -0.106. The standard InChI is InChI=1S/C14H21N3O3/c1-9-4-5-11(16-10(2)18)6-13(9)17-14(19)7-12(8-15)20-3/h4-6,12H,7-8,15H2,1-3H3,(H,16,18)(H,17,19). The number of carbonyl (C=O) groups excluding carboxylic acids is 2. The smallest absolute Gasteiger partial charge is 0.227 e. The summed E-state index contributed by atoms with van der Waals surface area (Å²) in [5.41, 5.74) is 7.69. The highest BCUT2D eigenvalue weighted by Gasteiger charge is 2.12. The van der Waals surface area contributed by atoms with Crippen molar-refractivity contribution in [1.82, 2.24) is 0 Å². The molecule has 0 aliphatic rings. The maximum atomic E-state index is 11.9. The molecule has 1 atom stereocenters. The summed E-state index contributed by atoms with van der Waals surface area (Å²) < 4.78 is 5.07. The molecule has 2 amide bonds. The lowest BCUT2D eigenvalue weighted by atomic mass is 10.1. The Balaban J connectivity index is 2.75. The van der Waals surface area contributed by atoms with E-state index in [1.165, 1.54) is 14.0 Å². The number of benzene rings is 1. The zero-order valence-electron chi connectivity index (χ0n) is 12.0. The number of aryl methyl sites for hydroxylation is 1. The monoisotopic (exact) mass is 279 g/mol. The van der Waals surface area contributed by atoms with E-state index in [1.54, 1.807) is 12.1 Å². The van der Waals surface area contributed by atoms with Crippen LogP contribution in [-0.4, -0.2) is 31.6 Å². The summed E-state index contributed by atoms with van der Waals surface area (Å²) in [7, 11) is 1.52. The Morgan fingerprint density at radius 2 is 2.05 bits per heavy atom. The van der Waals surface area contributed by atoms with Gasteiger partial charge in [0.1, 0.15) is 0 Å². The molecule has 0 heterocycles. The van der Waals surface area contributed by atoms with Gasteiger partial charge in [0.2, 0.25) is 11.8 Å². The molecule has 0 spiro atoms. The van der Waals surface area contributed by atoms with Crippen molar-refractivity contribution in [2.24, 2.45) is 5.73 Å². The van der Waals surface area contributed by atoms with Gasteiger partial charge < -0.3 is 21.1 Å². The highest BCUT2D eigenvalue weighted by atomic mass is 16.5. The third-order valence-corrected chi connectivity index (χ3v) is 2.84. The topological polar surface area (TPSA) is 93.4 Å². The van der Waals surface area contributed by atoms with Crippen LogP contribution in [0, 0.1) is 6.92 Å². The van der Waals surface area contributed by atoms with E-state index in [4.69, 9.17) is 10.5 Å². The third kappa shape index (κ3) is 4.99. The average Bonchev–Trinajstić information content (AvgIpc) is 2.39. The molecule has 1 aromatic rings. The number of nitrogens with two attached hydrogens (primary N) is 1. The summed E-state index contributed by atoms with van der Waals surface area (Å²) in [5.74, 6) is -0.334. The van der Waals surface area contributed by atoms with Crippen molar-refractivity contribution in [3.63, 3.8) is 0 Å². The molecule has 20 heavy (non-hydrogen) atoms. The first kappa shape index (κ1) is 16.1. The minimum Gasteiger partial charge on any atom is -0.380 e. The largest absolute Gasteiger partial charge is 0.380 e. The van der Waals surface area contributed by atoms with Gasteiger partial charge in [-0.1, -0.05) is 6.07 Å². The number of nitrogens with one attached hydrogen (secondary N) is 2. The van der Waals surface area contributed by atoms with E-state index in [-0.39, 0.29) is 30.9 Å². The fourth-order valence-corrected chi connectivity index (χ4v) is 1.71. The van der Waals surface area contributed by atoms with E-state index in [0.29, 0.717) is 11.4 Å². The predicted octanol–water partition coefficient (Wildman–Crippen LogP) is 1.26. The summed E-state index contributed by atoms with van der Waals surface area (Å²) in [5, 5.41) is 5.47. The molecule has 0 aliphatic heterocycles. The number of amides is 2. The average molecular weight is 279 g/mol. The van der Waals surface area contributed by atoms with Gasteiger partial charge in [-0.3, -0.25) is 9.59 Å². The molecule has 1 unspecified atom stereocenters. The number of hydrogen-bond donors (Lipinski definition) is 3. The van der Waals surface area contributed by atoms with Gasteiger partial charge in [-0.05, 0) is 24.6 Å². The Morgan fingerprint density at radius 3 is 2.60 bits per heavy atom. The van der Waals surface area contributed by atoms with Gasteiger partial charge in [0.25, 0.3) is 0 Å². The van der Waals surface area contributed by atoms with Crippen LogP contribution in [0.2, 0.25) is 0 Å². The molecule has 110 valence electrons. The molecule has 1 rings (SSSR count). The number of methoxy groups -OCH3 is 1. The second-order valence-corrected chi connectivity index (χ2v) is 4.56. The summed E-state index contributed by atoms with van der Waals surface area (Å²) in [6, 6.07) is 5.33. The van der Waals surface area contributed by atoms with Gasteiger partial charge in [0, 0.05) is 32.0 Å². The van der Waals surface area contributed by atoms with Crippen molar-refractivity contribution < 1.29 is 14.3 Å². The summed E-state index contributed by atoms with van der Waals surface area (Å²) >= 11 is 0. The van der Waals surface area contributed by atoms with Gasteiger partial charge in [0.15, 0.2) is 0 Å². The molecule has 4 N–H and O–H groups in total. The van der Waals surface area contributed by atoms with Gasteiger partial charge in [-0.2, -0.15) is 0 Å². The Kier molecular flexibility index (Phi) is 6.14. The van der Waals surface area contributed by atoms with E-state index >= 15 is 0 Å². The van der Waals surface area contributed by atoms with Gasteiger partial charge in [-0.15, -0.1) is 0 Å². The first-order valence-electron chi connectivity index (χ1n) is 6.37. The van der Waals surface area contributed by atoms with Crippen LogP contribution in [0.1, 0.15) is 18.9 Å². The molecule has 0 aromatic heterocycles. The van der Waals surface area contributed by atoms with Crippen molar-refractivity contribution >= 4 is 23.2 Å². The Hall–Kier alpha value is -1.92. The molecule has 0 radical (unpaired) electrons. The van der Waals surface area contributed by atoms with Crippen LogP contribution in [0.3, 0.4) is 0 Å². The molecular formula is C14H21N3O3. The third-order valence-electron chi connectivity index (χ3n) is 2.84. The van der Waals surface area contributed by atoms with Crippen molar-refractivity contribution in [3.8, 4) is 0 Å². The molecule has 0 saturated heterocycles. The highest BCUT2D eigenvalue weighted by molar-refractivity contribution is 5.94. The highest BCUT2D eigenvalue weighted by Crippen LogP contribution is 2.20. The quantitative estimate of drug-likeness (QED) is 0.730. The first-order chi connectivity index (χ1) is 9.46. The summed E-state index contributed by atoms with van der Waals surface area (Å²) in [4.78, 5) is 22.9. The van der Waals surface area contributed by atoms with Crippen LogP contribution in [-0.2, 0) is 14.3 Å². The minimum atomic E-state index is -0.297. The maximum Gasteiger partial charge on any atom is 0.227 e. The first-order valence-corrected chi connectivity index (χ1v) is 6.37. The number of carbonyl (C=O) groups is 2. The normalized spacial score (nSPS) is 11.8. The van der Waals surface area contributed by atoms with Gasteiger partial charge in [-0.25, -0.2) is 0 Å². The maximum absolute atomic E-state index is 11.9. The molecule has 6 heteroatoms. The molecule has 0 fully saturated rings. The molecule has 1 aromatic carbocycles. The van der Waals surface area contributed by atoms with Crippen molar-refractivity contribution in [3.05, 3.63) is 23.8 Å². The predicted molar refractivity (Wildman–Crippen MR) is 78.6 cm³/mol. The van der Waals surface area contributed by atoms with Crippen LogP contribution < -0.4 is 16.4 Å². The molecule has 0 saturated carbocycles. The minimum absolute atomic E-state index is 0.159. The fraction of sp³-hybridized carbons (Fsp3) is 0.429. The van der Waals surface area contributed by atoms with Crippen LogP contribution in [0.15, 0.2) is 18.2 Å². The van der Waals surface area contributed by atoms with Crippen LogP contribution in [0.25, 0.3) is 0 Å². The molecular weight excluding hydrogens is 258 g/mol. The number of ether oxygens (including phenoxy) is 1. The Labute approximate surface area is 118 Å². The zero-order valence-corrected chi connectivity index (χ0v) is 12.0. The zero-order chi connectivity index (χ0) is 15.1. The summed E-state index contributed by atoms with van der Waals surface area (Å²) in [6.45, 7) is 3.60. The number of hydrogen-bond acceptors (Lipinski definition) is 4.